The lowest BCUT2D eigenvalue weighted by Crippen LogP contribution is -2.40. The van der Waals surface area contributed by atoms with Crippen molar-refractivity contribution >= 4 is 11.9 Å². The van der Waals surface area contributed by atoms with Crippen LogP contribution < -0.4 is 5.32 Å². The van der Waals surface area contributed by atoms with Crippen LogP contribution in [0.25, 0.3) is 0 Å². The zero-order valence-corrected chi connectivity index (χ0v) is 9.87. The maximum atomic E-state index is 13.5. The van der Waals surface area contributed by atoms with E-state index in [1.807, 2.05) is 0 Å². The summed E-state index contributed by atoms with van der Waals surface area (Å²) in [7, 11) is 0. The predicted molar refractivity (Wildman–Crippen MR) is 60.6 cm³/mol. The van der Waals surface area contributed by atoms with Gasteiger partial charge in [0.15, 0.2) is 0 Å². The van der Waals surface area contributed by atoms with E-state index in [1.54, 1.807) is 20.8 Å². The van der Waals surface area contributed by atoms with E-state index in [2.05, 4.69) is 5.32 Å². The number of hydrogen-bond donors (Lipinski definition) is 2. The molecule has 0 atom stereocenters. The van der Waals surface area contributed by atoms with Gasteiger partial charge in [-0.05, 0) is 39.0 Å². The van der Waals surface area contributed by atoms with Crippen LogP contribution in [0, 0.1) is 5.82 Å². The van der Waals surface area contributed by atoms with Crippen molar-refractivity contribution in [1.29, 1.82) is 0 Å². The number of halogens is 1. The molecule has 1 aromatic carbocycles. The smallest absolute Gasteiger partial charge is 0.335 e. The molecule has 0 bridgehead atoms. The summed E-state index contributed by atoms with van der Waals surface area (Å²) in [5.74, 6) is -2.63. The lowest BCUT2D eigenvalue weighted by molar-refractivity contribution is 0.0695. The Morgan fingerprint density at radius 3 is 2.29 bits per heavy atom. The standard InChI is InChI=1S/C12H14FNO3/c1-12(2,3)14-10(15)8-5-4-7(11(16)17)6-9(8)13/h4-6H,1-3H3,(H,14,15)(H,16,17). The molecule has 0 radical (unpaired) electrons. The van der Waals surface area contributed by atoms with Crippen molar-refractivity contribution < 1.29 is 19.1 Å². The lowest BCUT2D eigenvalue weighted by atomic mass is 10.1. The van der Waals surface area contributed by atoms with Crippen LogP contribution in [0.3, 0.4) is 0 Å². The van der Waals surface area contributed by atoms with E-state index < -0.39 is 23.2 Å². The monoisotopic (exact) mass is 239 g/mol. The number of amides is 1. The lowest BCUT2D eigenvalue weighted by Gasteiger charge is -2.20. The molecule has 0 saturated carbocycles. The zero-order chi connectivity index (χ0) is 13.2. The summed E-state index contributed by atoms with van der Waals surface area (Å²) in [5, 5.41) is 11.3. The molecule has 0 aliphatic rings. The molecule has 1 aromatic rings. The number of carboxylic acids is 1. The molecule has 0 unspecified atom stereocenters. The van der Waals surface area contributed by atoms with Crippen LogP contribution in [-0.2, 0) is 0 Å². The summed E-state index contributed by atoms with van der Waals surface area (Å²) < 4.78 is 13.5. The van der Waals surface area contributed by atoms with Crippen molar-refractivity contribution in [2.45, 2.75) is 26.3 Å². The molecule has 0 aliphatic carbocycles. The van der Waals surface area contributed by atoms with Crippen molar-refractivity contribution in [3.05, 3.63) is 35.1 Å². The van der Waals surface area contributed by atoms with Crippen LogP contribution in [0.4, 0.5) is 4.39 Å². The van der Waals surface area contributed by atoms with E-state index in [0.717, 1.165) is 6.07 Å². The first-order valence-corrected chi connectivity index (χ1v) is 5.06. The van der Waals surface area contributed by atoms with Gasteiger partial charge in [-0.25, -0.2) is 9.18 Å². The van der Waals surface area contributed by atoms with Crippen LogP contribution in [0.5, 0.6) is 0 Å². The largest absolute Gasteiger partial charge is 0.478 e. The Morgan fingerprint density at radius 1 is 1.29 bits per heavy atom. The molecule has 17 heavy (non-hydrogen) atoms. The first-order chi connectivity index (χ1) is 7.70. The average Bonchev–Trinajstić information content (AvgIpc) is 2.14. The first kappa shape index (κ1) is 13.2. The molecule has 0 aliphatic heterocycles. The summed E-state index contributed by atoms with van der Waals surface area (Å²) in [6.45, 7) is 5.32. The third-order valence-corrected chi connectivity index (χ3v) is 1.95. The summed E-state index contributed by atoms with van der Waals surface area (Å²) in [6, 6.07) is 3.20. The molecule has 4 nitrogen and oxygen atoms in total. The van der Waals surface area contributed by atoms with Gasteiger partial charge in [-0.1, -0.05) is 0 Å². The Balaban J connectivity index is 3.00. The Labute approximate surface area is 98.5 Å². The van der Waals surface area contributed by atoms with Crippen LogP contribution >= 0.6 is 0 Å². The number of nitrogens with one attached hydrogen (secondary N) is 1. The highest BCUT2D eigenvalue weighted by molar-refractivity contribution is 5.96. The highest BCUT2D eigenvalue weighted by Gasteiger charge is 2.19. The van der Waals surface area contributed by atoms with E-state index >= 15 is 0 Å². The van der Waals surface area contributed by atoms with Crippen LogP contribution in [-0.4, -0.2) is 22.5 Å². The molecule has 0 aromatic heterocycles. The molecule has 92 valence electrons. The third kappa shape index (κ3) is 3.55. The van der Waals surface area contributed by atoms with E-state index in [1.165, 1.54) is 12.1 Å². The van der Waals surface area contributed by atoms with Crippen molar-refractivity contribution in [1.82, 2.24) is 5.32 Å². The number of aromatic carboxylic acids is 1. The number of benzene rings is 1. The minimum atomic E-state index is -1.23. The Kier molecular flexibility index (Phi) is 3.50. The van der Waals surface area contributed by atoms with Gasteiger partial charge in [-0.15, -0.1) is 0 Å². The second-order valence-electron chi connectivity index (χ2n) is 4.70. The van der Waals surface area contributed by atoms with Crippen molar-refractivity contribution in [2.24, 2.45) is 0 Å². The average molecular weight is 239 g/mol. The number of rotatable bonds is 2. The van der Waals surface area contributed by atoms with Gasteiger partial charge in [-0.3, -0.25) is 4.79 Å². The van der Waals surface area contributed by atoms with Gasteiger partial charge in [0.1, 0.15) is 5.82 Å². The van der Waals surface area contributed by atoms with Gasteiger partial charge >= 0.3 is 5.97 Å². The highest BCUT2D eigenvalue weighted by atomic mass is 19.1. The quantitative estimate of drug-likeness (QED) is 0.830. The molecule has 2 N–H and O–H groups in total. The zero-order valence-electron chi connectivity index (χ0n) is 9.87. The van der Waals surface area contributed by atoms with E-state index in [9.17, 15) is 14.0 Å². The van der Waals surface area contributed by atoms with Gasteiger partial charge in [0.05, 0.1) is 11.1 Å². The molecular weight excluding hydrogens is 225 g/mol. The van der Waals surface area contributed by atoms with Crippen LogP contribution in [0.1, 0.15) is 41.5 Å². The highest BCUT2D eigenvalue weighted by Crippen LogP contribution is 2.12. The summed E-state index contributed by atoms with van der Waals surface area (Å²) in [4.78, 5) is 22.3. The SMILES string of the molecule is CC(C)(C)NC(=O)c1ccc(C(=O)O)cc1F. The third-order valence-electron chi connectivity index (χ3n) is 1.95. The normalized spacial score (nSPS) is 11.1. The van der Waals surface area contributed by atoms with Crippen molar-refractivity contribution in [2.75, 3.05) is 0 Å². The van der Waals surface area contributed by atoms with E-state index in [0.29, 0.717) is 0 Å². The molecule has 0 heterocycles. The van der Waals surface area contributed by atoms with Gasteiger partial charge in [0.2, 0.25) is 0 Å². The van der Waals surface area contributed by atoms with Gasteiger partial charge in [-0.2, -0.15) is 0 Å². The molecule has 5 heteroatoms. The van der Waals surface area contributed by atoms with Gasteiger partial charge < -0.3 is 10.4 Å². The van der Waals surface area contributed by atoms with Gasteiger partial charge in [0, 0.05) is 5.54 Å². The maximum Gasteiger partial charge on any atom is 0.335 e. The fraction of sp³-hybridized carbons (Fsp3) is 0.333. The molecule has 1 rings (SSSR count). The first-order valence-electron chi connectivity index (χ1n) is 5.06. The minimum absolute atomic E-state index is 0.162. The van der Waals surface area contributed by atoms with E-state index in [4.69, 9.17) is 5.11 Å². The number of carboxylic acid groups (broad SMARTS) is 1. The Hall–Kier alpha value is -1.91. The van der Waals surface area contributed by atoms with Crippen LogP contribution in [0.2, 0.25) is 0 Å². The molecule has 0 saturated heterocycles. The minimum Gasteiger partial charge on any atom is -0.478 e. The van der Waals surface area contributed by atoms with Crippen molar-refractivity contribution in [3.8, 4) is 0 Å². The van der Waals surface area contributed by atoms with E-state index in [-0.39, 0.29) is 11.1 Å². The molecule has 1 amide bonds. The molecule has 0 fully saturated rings. The second-order valence-corrected chi connectivity index (χ2v) is 4.70. The maximum absolute atomic E-state index is 13.5. The summed E-state index contributed by atoms with van der Waals surface area (Å²) >= 11 is 0. The molecule has 0 spiro atoms. The molecular formula is C12H14FNO3. The fourth-order valence-electron chi connectivity index (χ4n) is 1.24. The van der Waals surface area contributed by atoms with Crippen LogP contribution in [0.15, 0.2) is 18.2 Å². The Morgan fingerprint density at radius 2 is 1.88 bits per heavy atom. The van der Waals surface area contributed by atoms with Crippen molar-refractivity contribution in [3.63, 3.8) is 0 Å². The fourth-order valence-corrected chi connectivity index (χ4v) is 1.24. The summed E-state index contributed by atoms with van der Waals surface area (Å²) in [5.41, 5.74) is -0.825. The topological polar surface area (TPSA) is 66.4 Å². The number of carbonyl (C=O) groups excluding carboxylic acids is 1. The Bertz CT molecular complexity index is 463. The van der Waals surface area contributed by atoms with Gasteiger partial charge in [0.25, 0.3) is 5.91 Å². The summed E-state index contributed by atoms with van der Waals surface area (Å²) in [6.07, 6.45) is 0. The predicted octanol–water partition coefficient (Wildman–Crippen LogP) is 2.05. The number of hydrogen-bond acceptors (Lipinski definition) is 2. The second kappa shape index (κ2) is 4.53. The number of carbonyl (C=O) groups is 2.